The van der Waals surface area contributed by atoms with Crippen LogP contribution < -0.4 is 10.6 Å². The van der Waals surface area contributed by atoms with Crippen LogP contribution in [0.5, 0.6) is 0 Å². The van der Waals surface area contributed by atoms with Gasteiger partial charge in [-0.3, -0.25) is 4.99 Å². The third kappa shape index (κ3) is 3.81. The SMILES string of the molecule is C=Cc1[nH]cc(CCNc2ccc(NC3=C4CCCC4=NCC3)cc2)c1C=C. The van der Waals surface area contributed by atoms with Crippen molar-refractivity contribution in [3.05, 3.63) is 71.7 Å². The highest BCUT2D eigenvalue weighted by Gasteiger charge is 2.22. The topological polar surface area (TPSA) is 52.2 Å². The molecule has 28 heavy (non-hydrogen) atoms. The minimum absolute atomic E-state index is 0.872. The Morgan fingerprint density at radius 2 is 1.86 bits per heavy atom. The monoisotopic (exact) mass is 372 g/mol. The average Bonchev–Trinajstić information content (AvgIpc) is 3.36. The molecule has 3 N–H and O–H groups in total. The van der Waals surface area contributed by atoms with Gasteiger partial charge in [0, 0.05) is 59.7 Å². The maximum atomic E-state index is 4.67. The van der Waals surface area contributed by atoms with Crippen LogP contribution in [-0.4, -0.2) is 23.8 Å². The molecule has 1 aromatic carbocycles. The first-order chi connectivity index (χ1) is 13.8. The summed E-state index contributed by atoms with van der Waals surface area (Å²) < 4.78 is 0. The molecule has 4 rings (SSSR count). The van der Waals surface area contributed by atoms with E-state index in [4.69, 9.17) is 0 Å². The van der Waals surface area contributed by atoms with E-state index in [2.05, 4.69) is 58.0 Å². The molecule has 4 nitrogen and oxygen atoms in total. The second kappa shape index (κ2) is 8.34. The molecule has 2 heterocycles. The highest BCUT2D eigenvalue weighted by molar-refractivity contribution is 6.03. The van der Waals surface area contributed by atoms with Crippen LogP contribution in [0.4, 0.5) is 11.4 Å². The molecule has 0 saturated heterocycles. The van der Waals surface area contributed by atoms with Crippen molar-refractivity contribution in [2.45, 2.75) is 32.1 Å². The van der Waals surface area contributed by atoms with Gasteiger partial charge in [-0.25, -0.2) is 0 Å². The summed E-state index contributed by atoms with van der Waals surface area (Å²) >= 11 is 0. The number of hydrogen-bond donors (Lipinski definition) is 3. The van der Waals surface area contributed by atoms with E-state index in [0.29, 0.717) is 0 Å². The van der Waals surface area contributed by atoms with E-state index in [9.17, 15) is 0 Å². The summed E-state index contributed by atoms with van der Waals surface area (Å²) in [6, 6.07) is 8.58. The summed E-state index contributed by atoms with van der Waals surface area (Å²) in [5.41, 5.74) is 9.88. The number of benzene rings is 1. The Kier molecular flexibility index (Phi) is 5.47. The summed E-state index contributed by atoms with van der Waals surface area (Å²) in [5.74, 6) is 0. The van der Waals surface area contributed by atoms with Gasteiger partial charge in [-0.15, -0.1) is 0 Å². The first kappa shape index (κ1) is 18.4. The molecule has 1 aliphatic carbocycles. The van der Waals surface area contributed by atoms with Gasteiger partial charge in [-0.1, -0.05) is 19.2 Å². The maximum Gasteiger partial charge on any atom is 0.0450 e. The number of aromatic nitrogens is 1. The molecule has 2 aromatic rings. The Hall–Kier alpha value is -3.01. The molecule has 0 atom stereocenters. The fourth-order valence-corrected chi connectivity index (χ4v) is 4.12. The fourth-order valence-electron chi connectivity index (χ4n) is 4.12. The Balaban J connectivity index is 1.34. The zero-order chi connectivity index (χ0) is 19.3. The Morgan fingerprint density at radius 3 is 2.64 bits per heavy atom. The summed E-state index contributed by atoms with van der Waals surface area (Å²) in [4.78, 5) is 7.92. The fraction of sp³-hybridized carbons (Fsp3) is 0.292. The van der Waals surface area contributed by atoms with Crippen molar-refractivity contribution in [2.24, 2.45) is 4.99 Å². The molecule has 1 aliphatic heterocycles. The van der Waals surface area contributed by atoms with Crippen molar-refractivity contribution in [3.63, 3.8) is 0 Å². The van der Waals surface area contributed by atoms with E-state index in [1.54, 1.807) is 0 Å². The highest BCUT2D eigenvalue weighted by Crippen LogP contribution is 2.30. The number of nitrogens with zero attached hydrogens (tertiary/aromatic N) is 1. The Bertz CT molecular complexity index is 928. The van der Waals surface area contributed by atoms with Gasteiger partial charge in [0.05, 0.1) is 0 Å². The van der Waals surface area contributed by atoms with Crippen LogP contribution in [0.1, 0.15) is 42.5 Å². The summed E-state index contributed by atoms with van der Waals surface area (Å²) in [6.45, 7) is 9.54. The first-order valence-corrected chi connectivity index (χ1v) is 10.1. The lowest BCUT2D eigenvalue weighted by atomic mass is 10.1. The van der Waals surface area contributed by atoms with Crippen LogP contribution in [0, 0.1) is 0 Å². The van der Waals surface area contributed by atoms with Crippen molar-refractivity contribution >= 4 is 29.2 Å². The molecular weight excluding hydrogens is 344 g/mol. The molecule has 0 radical (unpaired) electrons. The summed E-state index contributed by atoms with van der Waals surface area (Å²) in [6.07, 6.45) is 11.3. The molecule has 2 aliphatic rings. The van der Waals surface area contributed by atoms with E-state index >= 15 is 0 Å². The number of anilines is 2. The minimum Gasteiger partial charge on any atom is -0.385 e. The number of rotatable bonds is 8. The molecular formula is C24H28N4. The van der Waals surface area contributed by atoms with Crippen molar-refractivity contribution in [1.29, 1.82) is 0 Å². The lowest BCUT2D eigenvalue weighted by Crippen LogP contribution is -2.13. The van der Waals surface area contributed by atoms with E-state index in [1.807, 2.05) is 18.3 Å². The van der Waals surface area contributed by atoms with Crippen LogP contribution in [-0.2, 0) is 6.42 Å². The van der Waals surface area contributed by atoms with Gasteiger partial charge in [0.25, 0.3) is 0 Å². The predicted molar refractivity (Wildman–Crippen MR) is 121 cm³/mol. The van der Waals surface area contributed by atoms with Gasteiger partial charge in [-0.2, -0.15) is 0 Å². The number of H-pyrrole nitrogens is 1. The number of aliphatic imine (C=N–C) groups is 1. The standard InChI is InChI=1S/C24H28N4/c1-3-20-17(16-27-22(20)4-2)12-14-25-18-8-10-19(11-9-18)28-24-13-15-26-23-7-5-6-21(23)24/h3-4,8-11,16,25,27-28H,1-2,5-7,12-15H2. The van der Waals surface area contributed by atoms with Crippen LogP contribution in [0.25, 0.3) is 12.2 Å². The third-order valence-electron chi connectivity index (χ3n) is 5.57. The van der Waals surface area contributed by atoms with Crippen molar-refractivity contribution in [1.82, 2.24) is 4.98 Å². The number of hydrogen-bond acceptors (Lipinski definition) is 3. The van der Waals surface area contributed by atoms with Crippen LogP contribution in [0.3, 0.4) is 0 Å². The highest BCUT2D eigenvalue weighted by atomic mass is 14.9. The second-order valence-electron chi connectivity index (χ2n) is 7.32. The molecule has 144 valence electrons. The molecule has 0 spiro atoms. The molecule has 4 heteroatoms. The van der Waals surface area contributed by atoms with Gasteiger partial charge < -0.3 is 15.6 Å². The van der Waals surface area contributed by atoms with Gasteiger partial charge in [-0.05, 0) is 67.2 Å². The van der Waals surface area contributed by atoms with E-state index in [1.165, 1.54) is 35.4 Å². The largest absolute Gasteiger partial charge is 0.385 e. The second-order valence-corrected chi connectivity index (χ2v) is 7.32. The van der Waals surface area contributed by atoms with E-state index < -0.39 is 0 Å². The summed E-state index contributed by atoms with van der Waals surface area (Å²) in [5, 5.41) is 7.14. The quantitative estimate of drug-likeness (QED) is 0.561. The third-order valence-corrected chi connectivity index (χ3v) is 5.57. The molecule has 1 fully saturated rings. The van der Waals surface area contributed by atoms with E-state index in [-0.39, 0.29) is 0 Å². The predicted octanol–water partition coefficient (Wildman–Crippen LogP) is 5.65. The van der Waals surface area contributed by atoms with Gasteiger partial charge >= 0.3 is 0 Å². The number of aromatic amines is 1. The lowest BCUT2D eigenvalue weighted by Gasteiger charge is -2.18. The van der Waals surface area contributed by atoms with Crippen molar-refractivity contribution in [3.8, 4) is 0 Å². The number of nitrogens with one attached hydrogen (secondary N) is 3. The van der Waals surface area contributed by atoms with Crippen LogP contribution in [0.2, 0.25) is 0 Å². The van der Waals surface area contributed by atoms with E-state index in [0.717, 1.165) is 55.0 Å². The zero-order valence-electron chi connectivity index (χ0n) is 16.4. The number of allylic oxidation sites excluding steroid dienone is 1. The molecule has 0 amide bonds. The lowest BCUT2D eigenvalue weighted by molar-refractivity contribution is 0.907. The molecule has 1 aromatic heterocycles. The zero-order valence-corrected chi connectivity index (χ0v) is 16.4. The van der Waals surface area contributed by atoms with Crippen LogP contribution in [0.15, 0.2) is 59.9 Å². The van der Waals surface area contributed by atoms with Gasteiger partial charge in [0.2, 0.25) is 0 Å². The smallest absolute Gasteiger partial charge is 0.0450 e. The Labute approximate surface area is 167 Å². The average molecular weight is 373 g/mol. The number of dihydropyridines is 1. The van der Waals surface area contributed by atoms with Gasteiger partial charge in [0.1, 0.15) is 0 Å². The summed E-state index contributed by atoms with van der Waals surface area (Å²) in [7, 11) is 0. The van der Waals surface area contributed by atoms with Crippen LogP contribution >= 0.6 is 0 Å². The first-order valence-electron chi connectivity index (χ1n) is 10.1. The molecule has 0 bridgehead atoms. The minimum atomic E-state index is 0.872. The maximum absolute atomic E-state index is 4.67. The number of fused-ring (bicyclic) bond motifs is 1. The normalized spacial score (nSPS) is 15.8. The van der Waals surface area contributed by atoms with Crippen molar-refractivity contribution in [2.75, 3.05) is 23.7 Å². The van der Waals surface area contributed by atoms with Gasteiger partial charge in [0.15, 0.2) is 0 Å². The Morgan fingerprint density at radius 1 is 1.04 bits per heavy atom. The molecule has 1 saturated carbocycles. The molecule has 0 unspecified atom stereocenters. The van der Waals surface area contributed by atoms with Crippen molar-refractivity contribution < 1.29 is 0 Å².